The van der Waals surface area contributed by atoms with Gasteiger partial charge in [-0.15, -0.1) is 0 Å². The minimum Gasteiger partial charge on any atom is -0.381 e. The third kappa shape index (κ3) is 3.27. The van der Waals surface area contributed by atoms with E-state index in [-0.39, 0.29) is 5.25 Å². The summed E-state index contributed by atoms with van der Waals surface area (Å²) in [6.07, 6.45) is 3.57. The van der Waals surface area contributed by atoms with Gasteiger partial charge in [0.2, 0.25) is 0 Å². The summed E-state index contributed by atoms with van der Waals surface area (Å²) in [6, 6.07) is 7.09. The third-order valence-corrected chi connectivity index (χ3v) is 6.81. The van der Waals surface area contributed by atoms with Crippen LogP contribution in [0.2, 0.25) is 0 Å². The van der Waals surface area contributed by atoms with Crippen LogP contribution in [-0.2, 0) is 16.4 Å². The van der Waals surface area contributed by atoms with E-state index >= 15 is 0 Å². The van der Waals surface area contributed by atoms with Gasteiger partial charge in [-0.2, -0.15) is 0 Å². The van der Waals surface area contributed by atoms with Crippen LogP contribution in [0.3, 0.4) is 0 Å². The van der Waals surface area contributed by atoms with Gasteiger partial charge < -0.3 is 9.84 Å². The maximum atomic E-state index is 12.7. The molecule has 1 aliphatic rings. The summed E-state index contributed by atoms with van der Waals surface area (Å²) >= 11 is 0. The second-order valence-electron chi connectivity index (χ2n) is 6.14. The van der Waals surface area contributed by atoms with Gasteiger partial charge in [-0.1, -0.05) is 24.1 Å². The van der Waals surface area contributed by atoms with Crippen LogP contribution in [0.25, 0.3) is 0 Å². The molecule has 0 saturated heterocycles. The van der Waals surface area contributed by atoms with E-state index in [1.54, 1.807) is 18.2 Å². The van der Waals surface area contributed by atoms with Crippen LogP contribution < -0.4 is 5.32 Å². The highest BCUT2D eigenvalue weighted by atomic mass is 32.2. The molecule has 23 heavy (non-hydrogen) atoms. The largest absolute Gasteiger partial charge is 0.381 e. The molecule has 0 amide bonds. The van der Waals surface area contributed by atoms with Crippen molar-refractivity contribution in [3.63, 3.8) is 0 Å². The van der Waals surface area contributed by atoms with Gasteiger partial charge in [0.25, 0.3) is 0 Å². The summed E-state index contributed by atoms with van der Waals surface area (Å²) in [5, 5.41) is 6.97. The number of nitrogens with one attached hydrogen (secondary N) is 1. The zero-order valence-corrected chi connectivity index (χ0v) is 14.3. The number of aromatic nitrogens is 1. The summed E-state index contributed by atoms with van der Waals surface area (Å²) in [4.78, 5) is 0.410. The molecule has 1 N–H and O–H groups in total. The lowest BCUT2D eigenvalue weighted by molar-refractivity contribution is 0.392. The molecular weight excluding hydrogens is 312 g/mol. The average molecular weight is 334 g/mol. The molecule has 5 nitrogen and oxygen atoms in total. The monoisotopic (exact) mass is 334 g/mol. The van der Waals surface area contributed by atoms with Gasteiger partial charge in [0.05, 0.1) is 15.8 Å². The molecule has 0 aliphatic heterocycles. The van der Waals surface area contributed by atoms with Gasteiger partial charge in [-0.05, 0) is 44.9 Å². The normalized spacial score (nSPS) is 15.9. The summed E-state index contributed by atoms with van der Waals surface area (Å²) < 4.78 is 30.5. The SMILES string of the molecule is Cc1noc(C)c1CNc1cccc(S(=O)(=O)C2CCCC2)c1. The Labute approximate surface area is 137 Å². The first-order valence-electron chi connectivity index (χ1n) is 7.98. The summed E-state index contributed by atoms with van der Waals surface area (Å²) in [6.45, 7) is 4.33. The van der Waals surface area contributed by atoms with Crippen LogP contribution in [0.15, 0.2) is 33.7 Å². The molecule has 1 aromatic heterocycles. The third-order valence-electron chi connectivity index (χ3n) is 4.55. The highest BCUT2D eigenvalue weighted by Crippen LogP contribution is 2.30. The molecule has 0 radical (unpaired) electrons. The quantitative estimate of drug-likeness (QED) is 0.904. The fourth-order valence-corrected chi connectivity index (χ4v) is 5.02. The zero-order chi connectivity index (χ0) is 16.4. The van der Waals surface area contributed by atoms with Crippen molar-refractivity contribution in [3.05, 3.63) is 41.3 Å². The number of anilines is 1. The smallest absolute Gasteiger partial charge is 0.181 e. The van der Waals surface area contributed by atoms with Crippen molar-refractivity contribution in [2.75, 3.05) is 5.32 Å². The van der Waals surface area contributed by atoms with Gasteiger partial charge in [0.15, 0.2) is 9.84 Å². The molecule has 0 spiro atoms. The molecule has 1 aromatic carbocycles. The number of hydrogen-bond acceptors (Lipinski definition) is 5. The fraction of sp³-hybridized carbons (Fsp3) is 0.471. The van der Waals surface area contributed by atoms with E-state index in [0.29, 0.717) is 11.4 Å². The zero-order valence-electron chi connectivity index (χ0n) is 13.5. The lowest BCUT2D eigenvalue weighted by atomic mass is 10.2. The Hall–Kier alpha value is -1.82. The Balaban J connectivity index is 1.77. The molecule has 6 heteroatoms. The number of hydrogen-bond donors (Lipinski definition) is 1. The van der Waals surface area contributed by atoms with E-state index in [1.807, 2.05) is 19.9 Å². The van der Waals surface area contributed by atoms with Gasteiger partial charge in [-0.3, -0.25) is 0 Å². The lowest BCUT2D eigenvalue weighted by Gasteiger charge is -2.13. The van der Waals surface area contributed by atoms with Crippen molar-refractivity contribution in [2.24, 2.45) is 0 Å². The van der Waals surface area contributed by atoms with Crippen LogP contribution in [0.4, 0.5) is 5.69 Å². The van der Waals surface area contributed by atoms with Gasteiger partial charge in [0, 0.05) is 17.8 Å². The second-order valence-corrected chi connectivity index (χ2v) is 8.36. The maximum absolute atomic E-state index is 12.7. The van der Waals surface area contributed by atoms with Crippen molar-refractivity contribution < 1.29 is 12.9 Å². The molecule has 0 unspecified atom stereocenters. The Morgan fingerprint density at radius 1 is 1.26 bits per heavy atom. The molecule has 0 bridgehead atoms. The van der Waals surface area contributed by atoms with Crippen LogP contribution in [0, 0.1) is 13.8 Å². The standard InChI is InChI=1S/C17H22N2O3S/c1-12-17(13(2)22-19-12)11-18-14-6-5-9-16(10-14)23(20,21)15-7-3-4-8-15/h5-6,9-10,15,18H,3-4,7-8,11H2,1-2H3. The first-order valence-corrected chi connectivity index (χ1v) is 9.52. The summed E-state index contributed by atoms with van der Waals surface area (Å²) in [5.41, 5.74) is 2.66. The minimum absolute atomic E-state index is 0.222. The van der Waals surface area contributed by atoms with Crippen molar-refractivity contribution in [1.82, 2.24) is 5.16 Å². The fourth-order valence-electron chi connectivity index (χ4n) is 3.12. The van der Waals surface area contributed by atoms with Crippen LogP contribution in [-0.4, -0.2) is 18.8 Å². The van der Waals surface area contributed by atoms with Gasteiger partial charge in [-0.25, -0.2) is 8.42 Å². The number of sulfone groups is 1. The maximum Gasteiger partial charge on any atom is 0.181 e. The lowest BCUT2D eigenvalue weighted by Crippen LogP contribution is -2.17. The van der Waals surface area contributed by atoms with Crippen LogP contribution >= 0.6 is 0 Å². The first kappa shape index (κ1) is 16.1. The first-order chi connectivity index (χ1) is 11.0. The Kier molecular flexibility index (Phi) is 4.43. The van der Waals surface area contributed by atoms with E-state index < -0.39 is 9.84 Å². The topological polar surface area (TPSA) is 72.2 Å². The van der Waals surface area contributed by atoms with Crippen LogP contribution in [0.1, 0.15) is 42.7 Å². The Bertz CT molecular complexity index is 770. The number of aryl methyl sites for hydroxylation is 2. The average Bonchev–Trinajstić information content (AvgIpc) is 3.17. The molecule has 3 rings (SSSR count). The molecule has 1 fully saturated rings. The summed E-state index contributed by atoms with van der Waals surface area (Å²) in [5.74, 6) is 0.782. The number of nitrogens with zero attached hydrogens (tertiary/aromatic N) is 1. The molecule has 1 saturated carbocycles. The molecule has 1 aliphatic carbocycles. The van der Waals surface area contributed by atoms with E-state index in [9.17, 15) is 8.42 Å². The van der Waals surface area contributed by atoms with Gasteiger partial charge >= 0.3 is 0 Å². The van der Waals surface area contributed by atoms with E-state index in [1.165, 1.54) is 0 Å². The van der Waals surface area contributed by atoms with Crippen molar-refractivity contribution in [3.8, 4) is 0 Å². The molecule has 124 valence electrons. The Morgan fingerprint density at radius 2 is 2.00 bits per heavy atom. The van der Waals surface area contributed by atoms with Crippen molar-refractivity contribution in [1.29, 1.82) is 0 Å². The van der Waals surface area contributed by atoms with Gasteiger partial charge in [0.1, 0.15) is 5.76 Å². The van der Waals surface area contributed by atoms with Crippen molar-refractivity contribution in [2.45, 2.75) is 56.2 Å². The molecule has 0 atom stereocenters. The van der Waals surface area contributed by atoms with Crippen molar-refractivity contribution >= 4 is 15.5 Å². The van der Waals surface area contributed by atoms with E-state index in [2.05, 4.69) is 10.5 Å². The predicted molar refractivity (Wildman–Crippen MR) is 89.2 cm³/mol. The van der Waals surface area contributed by atoms with E-state index in [4.69, 9.17) is 4.52 Å². The molecular formula is C17H22N2O3S. The highest BCUT2D eigenvalue weighted by Gasteiger charge is 2.30. The minimum atomic E-state index is -3.22. The van der Waals surface area contributed by atoms with E-state index in [0.717, 1.165) is 48.4 Å². The number of rotatable bonds is 5. The molecule has 2 aromatic rings. The second kappa shape index (κ2) is 6.35. The Morgan fingerprint density at radius 3 is 2.65 bits per heavy atom. The number of benzene rings is 1. The highest BCUT2D eigenvalue weighted by molar-refractivity contribution is 7.92. The van der Waals surface area contributed by atoms with Crippen LogP contribution in [0.5, 0.6) is 0 Å². The predicted octanol–water partition coefficient (Wildman–Crippen LogP) is 3.62. The summed E-state index contributed by atoms with van der Waals surface area (Å²) in [7, 11) is -3.22. The molecule has 1 heterocycles.